The van der Waals surface area contributed by atoms with Gasteiger partial charge in [-0.2, -0.15) is 0 Å². The van der Waals surface area contributed by atoms with E-state index in [2.05, 4.69) is 49.8 Å². The van der Waals surface area contributed by atoms with E-state index in [-0.39, 0.29) is 0 Å². The Balaban J connectivity index is 2.48. The van der Waals surface area contributed by atoms with Gasteiger partial charge in [0.05, 0.1) is 0 Å². The fourth-order valence-corrected chi connectivity index (χ4v) is 2.44. The van der Waals surface area contributed by atoms with Crippen molar-refractivity contribution in [3.05, 3.63) is 12.2 Å². The Bertz CT molecular complexity index is 351. The van der Waals surface area contributed by atoms with E-state index in [1.165, 1.54) is 0 Å². The standard InChI is InChI=1S/C14H28N4/c1-7-12(13-16-15-11-18(13)6)8-9-17(5)10-14(2,3)4/h11-12H,7-10H2,1-6H3. The number of aromatic nitrogens is 3. The summed E-state index contributed by atoms with van der Waals surface area (Å²) in [5.41, 5.74) is 0.362. The number of hydrogen-bond acceptors (Lipinski definition) is 3. The van der Waals surface area contributed by atoms with Crippen molar-refractivity contribution in [1.82, 2.24) is 19.7 Å². The van der Waals surface area contributed by atoms with Gasteiger partial charge in [-0.3, -0.25) is 0 Å². The third-order valence-corrected chi connectivity index (χ3v) is 3.21. The van der Waals surface area contributed by atoms with Crippen molar-refractivity contribution >= 4 is 0 Å². The first-order valence-electron chi connectivity index (χ1n) is 6.86. The van der Waals surface area contributed by atoms with Crippen LogP contribution in [0.2, 0.25) is 0 Å². The third-order valence-electron chi connectivity index (χ3n) is 3.21. The van der Waals surface area contributed by atoms with Gasteiger partial charge < -0.3 is 9.47 Å². The van der Waals surface area contributed by atoms with Crippen LogP contribution in [0.25, 0.3) is 0 Å². The average molecular weight is 252 g/mol. The van der Waals surface area contributed by atoms with Crippen molar-refractivity contribution in [3.8, 4) is 0 Å². The molecule has 0 spiro atoms. The van der Waals surface area contributed by atoms with Crippen LogP contribution >= 0.6 is 0 Å². The second-order valence-corrected chi connectivity index (χ2v) is 6.49. The van der Waals surface area contributed by atoms with Crippen LogP contribution in [0.15, 0.2) is 6.33 Å². The number of rotatable bonds is 6. The highest BCUT2D eigenvalue weighted by atomic mass is 15.2. The van der Waals surface area contributed by atoms with E-state index in [4.69, 9.17) is 0 Å². The lowest BCUT2D eigenvalue weighted by atomic mass is 9.95. The molecule has 104 valence electrons. The van der Waals surface area contributed by atoms with Gasteiger partial charge in [-0.15, -0.1) is 10.2 Å². The topological polar surface area (TPSA) is 34.0 Å². The summed E-state index contributed by atoms with van der Waals surface area (Å²) >= 11 is 0. The Kier molecular flexibility index (Phi) is 5.32. The molecule has 18 heavy (non-hydrogen) atoms. The van der Waals surface area contributed by atoms with Crippen molar-refractivity contribution in [1.29, 1.82) is 0 Å². The summed E-state index contributed by atoms with van der Waals surface area (Å²) in [5.74, 6) is 1.63. The number of aryl methyl sites for hydroxylation is 1. The first kappa shape index (κ1) is 15.2. The molecule has 0 aliphatic rings. The Morgan fingerprint density at radius 1 is 1.39 bits per heavy atom. The van der Waals surface area contributed by atoms with E-state index in [1.54, 1.807) is 6.33 Å². The maximum absolute atomic E-state index is 4.23. The number of nitrogens with zero attached hydrogens (tertiary/aromatic N) is 4. The SMILES string of the molecule is CCC(CCN(C)CC(C)(C)C)c1nncn1C. The maximum Gasteiger partial charge on any atom is 0.135 e. The molecule has 1 rings (SSSR count). The molecule has 0 N–H and O–H groups in total. The van der Waals surface area contributed by atoms with E-state index >= 15 is 0 Å². The van der Waals surface area contributed by atoms with Crippen LogP contribution in [-0.4, -0.2) is 39.8 Å². The second kappa shape index (κ2) is 6.32. The summed E-state index contributed by atoms with van der Waals surface area (Å²) in [6.07, 6.45) is 4.06. The molecular weight excluding hydrogens is 224 g/mol. The van der Waals surface area contributed by atoms with Crippen molar-refractivity contribution in [3.63, 3.8) is 0 Å². The minimum atomic E-state index is 0.362. The van der Waals surface area contributed by atoms with Gasteiger partial charge in [0.2, 0.25) is 0 Å². The van der Waals surface area contributed by atoms with Crippen LogP contribution in [0.1, 0.15) is 52.3 Å². The predicted octanol–water partition coefficient (Wildman–Crippen LogP) is 2.68. The Morgan fingerprint density at radius 3 is 2.50 bits per heavy atom. The van der Waals surface area contributed by atoms with E-state index in [0.29, 0.717) is 11.3 Å². The Hall–Kier alpha value is -0.900. The fourth-order valence-electron chi connectivity index (χ4n) is 2.44. The van der Waals surface area contributed by atoms with Gasteiger partial charge in [0, 0.05) is 19.5 Å². The summed E-state index contributed by atoms with van der Waals surface area (Å²) < 4.78 is 2.04. The molecule has 0 radical (unpaired) electrons. The minimum absolute atomic E-state index is 0.362. The van der Waals surface area contributed by atoms with Gasteiger partial charge in [-0.05, 0) is 31.8 Å². The summed E-state index contributed by atoms with van der Waals surface area (Å²) in [5, 5.41) is 8.21. The monoisotopic (exact) mass is 252 g/mol. The number of hydrogen-bond donors (Lipinski definition) is 0. The summed E-state index contributed by atoms with van der Waals surface area (Å²) in [6.45, 7) is 11.3. The van der Waals surface area contributed by atoms with Crippen LogP contribution in [0, 0.1) is 5.41 Å². The molecule has 1 aromatic heterocycles. The van der Waals surface area contributed by atoms with Crippen molar-refractivity contribution in [2.75, 3.05) is 20.1 Å². The van der Waals surface area contributed by atoms with E-state index in [9.17, 15) is 0 Å². The predicted molar refractivity (Wildman–Crippen MR) is 75.6 cm³/mol. The Labute approximate surface area is 111 Å². The van der Waals surface area contributed by atoms with Crippen LogP contribution in [0.4, 0.5) is 0 Å². The van der Waals surface area contributed by atoms with Gasteiger partial charge in [0.25, 0.3) is 0 Å². The van der Waals surface area contributed by atoms with Gasteiger partial charge >= 0.3 is 0 Å². The van der Waals surface area contributed by atoms with E-state index < -0.39 is 0 Å². The zero-order valence-corrected chi connectivity index (χ0v) is 12.8. The summed E-state index contributed by atoms with van der Waals surface area (Å²) in [4.78, 5) is 2.42. The molecular formula is C14H28N4. The van der Waals surface area contributed by atoms with Gasteiger partial charge in [-0.1, -0.05) is 27.7 Å². The molecule has 0 aliphatic heterocycles. The molecule has 0 aromatic carbocycles. The zero-order valence-electron chi connectivity index (χ0n) is 12.8. The van der Waals surface area contributed by atoms with Crippen LogP contribution in [-0.2, 0) is 7.05 Å². The molecule has 0 aliphatic carbocycles. The lowest BCUT2D eigenvalue weighted by molar-refractivity contribution is 0.219. The Morgan fingerprint density at radius 2 is 2.06 bits per heavy atom. The highest BCUT2D eigenvalue weighted by Gasteiger charge is 2.18. The van der Waals surface area contributed by atoms with Crippen molar-refractivity contribution in [2.45, 2.75) is 46.5 Å². The molecule has 1 unspecified atom stereocenters. The average Bonchev–Trinajstić information content (AvgIpc) is 2.63. The van der Waals surface area contributed by atoms with Crippen LogP contribution < -0.4 is 0 Å². The molecule has 0 amide bonds. The largest absolute Gasteiger partial charge is 0.320 e. The third kappa shape index (κ3) is 4.77. The van der Waals surface area contributed by atoms with Crippen molar-refractivity contribution < 1.29 is 0 Å². The summed E-state index contributed by atoms with van der Waals surface area (Å²) in [7, 11) is 4.23. The molecule has 1 aromatic rings. The molecule has 0 saturated carbocycles. The molecule has 0 fully saturated rings. The zero-order chi connectivity index (χ0) is 13.8. The van der Waals surface area contributed by atoms with Gasteiger partial charge in [0.15, 0.2) is 0 Å². The molecule has 1 heterocycles. The lowest BCUT2D eigenvalue weighted by Crippen LogP contribution is -2.30. The molecule has 1 atom stereocenters. The fraction of sp³-hybridized carbons (Fsp3) is 0.857. The van der Waals surface area contributed by atoms with Crippen LogP contribution in [0.3, 0.4) is 0 Å². The molecule has 4 heteroatoms. The quantitative estimate of drug-likeness (QED) is 0.780. The lowest BCUT2D eigenvalue weighted by Gasteiger charge is -2.27. The van der Waals surface area contributed by atoms with E-state index in [1.807, 2.05) is 11.6 Å². The maximum atomic E-state index is 4.23. The first-order chi connectivity index (χ1) is 8.33. The molecule has 0 bridgehead atoms. The highest BCUT2D eigenvalue weighted by Crippen LogP contribution is 2.22. The van der Waals surface area contributed by atoms with Crippen LogP contribution in [0.5, 0.6) is 0 Å². The minimum Gasteiger partial charge on any atom is -0.320 e. The van der Waals surface area contributed by atoms with Gasteiger partial charge in [-0.25, -0.2) is 0 Å². The second-order valence-electron chi connectivity index (χ2n) is 6.49. The van der Waals surface area contributed by atoms with Gasteiger partial charge in [0.1, 0.15) is 12.2 Å². The summed E-state index contributed by atoms with van der Waals surface area (Å²) in [6, 6.07) is 0. The van der Waals surface area contributed by atoms with E-state index in [0.717, 1.165) is 31.8 Å². The molecule has 0 saturated heterocycles. The normalized spacial score (nSPS) is 14.2. The van der Waals surface area contributed by atoms with Crippen molar-refractivity contribution in [2.24, 2.45) is 12.5 Å². The first-order valence-corrected chi connectivity index (χ1v) is 6.86. The molecule has 4 nitrogen and oxygen atoms in total. The highest BCUT2D eigenvalue weighted by molar-refractivity contribution is 4.95. The smallest absolute Gasteiger partial charge is 0.135 e.